The van der Waals surface area contributed by atoms with Crippen LogP contribution in [0.25, 0.3) is 27.9 Å². The maximum Gasteiger partial charge on any atom is 0.338 e. The fourth-order valence-corrected chi connectivity index (χ4v) is 6.14. The van der Waals surface area contributed by atoms with Gasteiger partial charge in [0, 0.05) is 18.5 Å². The Kier molecular flexibility index (Phi) is 10.4. The van der Waals surface area contributed by atoms with Crippen LogP contribution in [0.15, 0.2) is 107 Å². The molecule has 0 aliphatic carbocycles. The molecule has 0 radical (unpaired) electrons. The van der Waals surface area contributed by atoms with E-state index in [0.717, 1.165) is 27.4 Å². The number of aliphatic hydroxyl groups is 1. The van der Waals surface area contributed by atoms with Gasteiger partial charge in [-0.05, 0) is 85.5 Å². The van der Waals surface area contributed by atoms with E-state index in [2.05, 4.69) is 4.98 Å². The third kappa shape index (κ3) is 8.04. The van der Waals surface area contributed by atoms with Crippen molar-refractivity contribution in [3.05, 3.63) is 119 Å². The minimum absolute atomic E-state index is 0.0321. The van der Waals surface area contributed by atoms with E-state index in [4.69, 9.17) is 18.6 Å². The summed E-state index contributed by atoms with van der Waals surface area (Å²) in [5.41, 5.74) is 2.32. The van der Waals surface area contributed by atoms with Crippen LogP contribution in [0.4, 0.5) is 0 Å². The highest BCUT2D eigenvalue weighted by Gasteiger charge is 2.34. The summed E-state index contributed by atoms with van der Waals surface area (Å²) in [7, 11) is 0. The average Bonchev–Trinajstić information content (AvgIpc) is 3.76. The average molecular weight is 691 g/mol. The van der Waals surface area contributed by atoms with Crippen molar-refractivity contribution >= 4 is 45.8 Å². The van der Waals surface area contributed by atoms with Crippen LogP contribution in [0.3, 0.4) is 0 Å². The molecule has 51 heavy (non-hydrogen) atoms. The molecule has 0 bridgehead atoms. The molecule has 6 rings (SSSR count). The number of aromatic nitrogens is 1. The summed E-state index contributed by atoms with van der Waals surface area (Å²) in [6, 6.07) is 26.0. The molecule has 1 aliphatic heterocycles. The van der Waals surface area contributed by atoms with E-state index in [-0.39, 0.29) is 13.3 Å². The maximum atomic E-state index is 14.4. The Morgan fingerprint density at radius 2 is 1.65 bits per heavy atom. The molecule has 0 spiro atoms. The first kappa shape index (κ1) is 34.8. The molecule has 1 aromatic heterocycles. The van der Waals surface area contributed by atoms with E-state index in [0.29, 0.717) is 29.4 Å². The number of esters is 1. The first-order valence-electron chi connectivity index (χ1n) is 16.6. The smallest absolute Gasteiger partial charge is 0.338 e. The molecule has 0 fully saturated rings. The molecule has 11 nitrogen and oxygen atoms in total. The number of aliphatic hydroxyl groups excluding tert-OH is 1. The second kappa shape index (κ2) is 15.2. The number of hydrogen-bond acceptors (Lipinski definition) is 9. The summed E-state index contributed by atoms with van der Waals surface area (Å²) in [5, 5.41) is 23.0. The van der Waals surface area contributed by atoms with Crippen molar-refractivity contribution in [2.75, 3.05) is 6.79 Å². The number of allylic oxidation sites excluding steroid dienone is 1. The Balaban J connectivity index is 1.41. The Bertz CT molecular complexity index is 2120. The zero-order valence-electron chi connectivity index (χ0n) is 28.4. The minimum atomic E-state index is -1.40. The highest BCUT2D eigenvalue weighted by molar-refractivity contribution is 6.03. The van der Waals surface area contributed by atoms with Gasteiger partial charge in [0.1, 0.15) is 5.52 Å². The molecule has 262 valence electrons. The Hall–Kier alpha value is -6.10. The van der Waals surface area contributed by atoms with E-state index < -0.39 is 53.7 Å². The summed E-state index contributed by atoms with van der Waals surface area (Å²) in [6.07, 6.45) is 2.55. The van der Waals surface area contributed by atoms with Crippen LogP contribution in [0.2, 0.25) is 0 Å². The quantitative estimate of drug-likeness (QED) is 0.0721. The van der Waals surface area contributed by atoms with Gasteiger partial charge in [-0.2, -0.15) is 0 Å². The second-order valence-corrected chi connectivity index (χ2v) is 12.6. The number of carboxylic acids is 1. The van der Waals surface area contributed by atoms with Gasteiger partial charge in [0.2, 0.25) is 12.7 Å². The molecule has 0 saturated carbocycles. The lowest BCUT2D eigenvalue weighted by Gasteiger charge is -2.35. The third-order valence-corrected chi connectivity index (χ3v) is 8.69. The molecule has 4 aromatic carbocycles. The number of rotatable bonds is 13. The highest BCUT2D eigenvalue weighted by atomic mass is 16.7. The zero-order valence-corrected chi connectivity index (χ0v) is 28.4. The van der Waals surface area contributed by atoms with Gasteiger partial charge >= 0.3 is 11.9 Å². The molecule has 1 amide bonds. The maximum absolute atomic E-state index is 14.4. The molecule has 2 N–H and O–H groups in total. The SMILES string of the molecule is CC(C)OC(=O)C(CC(=O)O)=C(O)C(=O)N(Cc1ccc2ccccc2c1)[C@H](C)[C@H](CC=Cc1nc2ccccc2o1)c1ccc2c(c1)OCO2. The largest absolute Gasteiger partial charge is 0.503 e. The number of aliphatic carboxylic acids is 1. The van der Waals surface area contributed by atoms with Crippen LogP contribution in [-0.2, 0) is 25.7 Å². The lowest BCUT2D eigenvalue weighted by atomic mass is 9.87. The zero-order chi connectivity index (χ0) is 36.1. The Labute approximate surface area is 294 Å². The fraction of sp³-hybridized carbons (Fsp3) is 0.250. The number of para-hydroxylation sites is 2. The molecule has 0 saturated heterocycles. The lowest BCUT2D eigenvalue weighted by molar-refractivity contribution is -0.146. The standard InChI is InChI=1S/C40H38N2O9/c1-24(2)50-40(47)31(21-37(43)44)38(45)39(46)42(22-26-15-16-27-9-4-5-10-28(27)19-26)25(3)30(29-17-18-34-35(20-29)49-23-48-34)11-8-14-36-41-32-12-6-7-13-33(32)51-36/h4-10,12-20,24-25,30,45H,11,21-23H2,1-3H3,(H,43,44)/t25-,30+/m1/s1. The first-order chi connectivity index (χ1) is 24.6. The van der Waals surface area contributed by atoms with Crippen LogP contribution in [0, 0.1) is 0 Å². The molecule has 11 heteroatoms. The van der Waals surface area contributed by atoms with Crippen molar-refractivity contribution < 1.29 is 43.2 Å². The topological polar surface area (TPSA) is 149 Å². The van der Waals surface area contributed by atoms with Gasteiger partial charge in [-0.3, -0.25) is 9.59 Å². The number of nitrogens with zero attached hydrogens (tertiary/aromatic N) is 2. The van der Waals surface area contributed by atoms with Gasteiger partial charge in [0.05, 0.1) is 18.1 Å². The van der Waals surface area contributed by atoms with Crippen molar-refractivity contribution in [1.29, 1.82) is 0 Å². The molecular formula is C40H38N2O9. The molecule has 5 aromatic rings. The van der Waals surface area contributed by atoms with Crippen LogP contribution in [0.5, 0.6) is 11.5 Å². The summed E-state index contributed by atoms with van der Waals surface area (Å²) in [4.78, 5) is 45.2. The van der Waals surface area contributed by atoms with Gasteiger partial charge in [-0.1, -0.05) is 60.7 Å². The molecular weight excluding hydrogens is 652 g/mol. The third-order valence-electron chi connectivity index (χ3n) is 8.69. The number of hydrogen-bond donors (Lipinski definition) is 2. The predicted octanol–water partition coefficient (Wildman–Crippen LogP) is 7.55. The van der Waals surface area contributed by atoms with Crippen molar-refractivity contribution in [3.8, 4) is 11.5 Å². The van der Waals surface area contributed by atoms with Crippen molar-refractivity contribution in [2.24, 2.45) is 0 Å². The van der Waals surface area contributed by atoms with Crippen LogP contribution < -0.4 is 9.47 Å². The number of benzene rings is 4. The molecule has 2 atom stereocenters. The molecule has 0 unspecified atom stereocenters. The summed E-state index contributed by atoms with van der Waals surface area (Å²) < 4.78 is 22.3. The van der Waals surface area contributed by atoms with Crippen molar-refractivity contribution in [2.45, 2.75) is 58.2 Å². The Morgan fingerprint density at radius 1 is 0.902 bits per heavy atom. The summed E-state index contributed by atoms with van der Waals surface area (Å²) in [6.45, 7) is 5.14. The van der Waals surface area contributed by atoms with Crippen LogP contribution >= 0.6 is 0 Å². The van der Waals surface area contributed by atoms with E-state index in [9.17, 15) is 24.6 Å². The summed E-state index contributed by atoms with van der Waals surface area (Å²) >= 11 is 0. The van der Waals surface area contributed by atoms with Crippen molar-refractivity contribution in [1.82, 2.24) is 9.88 Å². The number of fused-ring (bicyclic) bond motifs is 3. The highest BCUT2D eigenvalue weighted by Crippen LogP contribution is 2.38. The number of carboxylic acid groups (broad SMARTS) is 1. The lowest BCUT2D eigenvalue weighted by Crippen LogP contribution is -2.43. The second-order valence-electron chi connectivity index (χ2n) is 12.6. The van der Waals surface area contributed by atoms with Gasteiger partial charge in [-0.25, -0.2) is 9.78 Å². The van der Waals surface area contributed by atoms with Gasteiger partial charge < -0.3 is 33.7 Å². The fourth-order valence-electron chi connectivity index (χ4n) is 6.14. The van der Waals surface area contributed by atoms with Crippen LogP contribution in [0.1, 0.15) is 56.5 Å². The minimum Gasteiger partial charge on any atom is -0.503 e. The molecule has 1 aliphatic rings. The van der Waals surface area contributed by atoms with Gasteiger partial charge in [0.25, 0.3) is 5.91 Å². The summed E-state index contributed by atoms with van der Waals surface area (Å²) in [5.74, 6) is -3.21. The first-order valence-corrected chi connectivity index (χ1v) is 16.6. The number of amides is 1. The van der Waals surface area contributed by atoms with E-state index in [1.165, 1.54) is 4.90 Å². The Morgan fingerprint density at radius 3 is 2.41 bits per heavy atom. The number of carbonyl (C=O) groups is 3. The number of ether oxygens (including phenoxy) is 3. The predicted molar refractivity (Wildman–Crippen MR) is 190 cm³/mol. The van der Waals surface area contributed by atoms with Crippen LogP contribution in [-0.4, -0.2) is 56.9 Å². The van der Waals surface area contributed by atoms with E-state index in [1.54, 1.807) is 19.9 Å². The van der Waals surface area contributed by atoms with Gasteiger partial charge in [-0.15, -0.1) is 0 Å². The van der Waals surface area contributed by atoms with Gasteiger partial charge in [0.15, 0.2) is 22.8 Å². The van der Waals surface area contributed by atoms with E-state index >= 15 is 0 Å². The number of oxazole rings is 1. The molecule has 2 heterocycles. The van der Waals surface area contributed by atoms with E-state index in [1.807, 2.05) is 97.9 Å². The normalized spacial score (nSPS) is 14.1. The monoisotopic (exact) mass is 690 g/mol. The number of carbonyl (C=O) groups excluding carboxylic acids is 2. The van der Waals surface area contributed by atoms with Crippen molar-refractivity contribution in [3.63, 3.8) is 0 Å².